The van der Waals surface area contributed by atoms with E-state index in [1.165, 1.54) is 24.8 Å². The Morgan fingerprint density at radius 3 is 2.54 bits per heavy atom. The zero-order valence-corrected chi connectivity index (χ0v) is 14.6. The van der Waals surface area contributed by atoms with Crippen LogP contribution in [0.1, 0.15) is 51.0 Å². The van der Waals surface area contributed by atoms with Crippen molar-refractivity contribution in [2.45, 2.75) is 50.9 Å². The number of carbonyl (C=O) groups excluding carboxylic acids is 2. The van der Waals surface area contributed by atoms with Crippen molar-refractivity contribution in [3.05, 3.63) is 35.9 Å². The summed E-state index contributed by atoms with van der Waals surface area (Å²) in [5.74, 6) is -0.0397. The largest absolute Gasteiger partial charge is 0.355 e. The molecule has 1 saturated carbocycles. The van der Waals surface area contributed by atoms with Gasteiger partial charge in [-0.3, -0.25) is 9.59 Å². The minimum Gasteiger partial charge on any atom is -0.355 e. The van der Waals surface area contributed by atoms with Crippen LogP contribution >= 0.6 is 0 Å². The second-order valence-electron chi connectivity index (χ2n) is 7.26. The summed E-state index contributed by atoms with van der Waals surface area (Å²) in [6.07, 6.45) is 6.33. The molecule has 2 aliphatic rings. The van der Waals surface area contributed by atoms with Crippen LogP contribution in [0.25, 0.3) is 0 Å². The molecule has 0 radical (unpaired) electrons. The first-order valence-corrected chi connectivity index (χ1v) is 9.26. The van der Waals surface area contributed by atoms with E-state index in [2.05, 4.69) is 29.6 Å². The van der Waals surface area contributed by atoms with Crippen LogP contribution in [-0.4, -0.2) is 36.3 Å². The van der Waals surface area contributed by atoms with Gasteiger partial charge >= 0.3 is 0 Å². The molecule has 1 atom stereocenters. The summed E-state index contributed by atoms with van der Waals surface area (Å²) >= 11 is 0. The molecular formula is C20H28N2O2. The molecule has 4 heteroatoms. The fourth-order valence-corrected chi connectivity index (χ4v) is 4.24. The Hall–Kier alpha value is -1.84. The lowest BCUT2D eigenvalue weighted by atomic mass is 9.69. The Morgan fingerprint density at radius 2 is 1.92 bits per heavy atom. The Kier molecular flexibility index (Phi) is 5.22. The first-order valence-electron chi connectivity index (χ1n) is 9.26. The summed E-state index contributed by atoms with van der Waals surface area (Å²) in [5.41, 5.74) is 1.39. The van der Waals surface area contributed by atoms with Crippen LogP contribution in [0.3, 0.4) is 0 Å². The van der Waals surface area contributed by atoms with Crippen molar-refractivity contribution in [3.8, 4) is 0 Å². The second kappa shape index (κ2) is 7.37. The molecule has 1 aliphatic heterocycles. The third kappa shape index (κ3) is 3.47. The third-order valence-corrected chi connectivity index (χ3v) is 5.76. The van der Waals surface area contributed by atoms with Gasteiger partial charge in [0.05, 0.1) is 5.92 Å². The van der Waals surface area contributed by atoms with Crippen molar-refractivity contribution >= 4 is 11.8 Å². The van der Waals surface area contributed by atoms with Crippen LogP contribution in [0, 0.1) is 5.92 Å². The van der Waals surface area contributed by atoms with Gasteiger partial charge < -0.3 is 10.2 Å². The van der Waals surface area contributed by atoms with Crippen molar-refractivity contribution in [1.82, 2.24) is 10.2 Å². The number of likely N-dealkylation sites (tertiary alicyclic amines) is 1. The van der Waals surface area contributed by atoms with E-state index in [1.54, 1.807) is 4.90 Å². The van der Waals surface area contributed by atoms with E-state index in [0.717, 1.165) is 12.8 Å². The number of hydrogen-bond acceptors (Lipinski definition) is 2. The number of carbonyl (C=O) groups is 2. The van der Waals surface area contributed by atoms with Crippen LogP contribution in [0.5, 0.6) is 0 Å². The minimum absolute atomic E-state index is 0.0418. The Balaban J connectivity index is 1.66. The normalized spacial score (nSPS) is 23.3. The summed E-state index contributed by atoms with van der Waals surface area (Å²) < 4.78 is 0. The topological polar surface area (TPSA) is 49.4 Å². The van der Waals surface area contributed by atoms with Crippen molar-refractivity contribution in [3.63, 3.8) is 0 Å². The van der Waals surface area contributed by atoms with Gasteiger partial charge in [0.15, 0.2) is 0 Å². The van der Waals surface area contributed by atoms with Gasteiger partial charge in [-0.2, -0.15) is 0 Å². The lowest BCUT2D eigenvalue weighted by Crippen LogP contribution is -2.44. The van der Waals surface area contributed by atoms with Gasteiger partial charge in [0, 0.05) is 31.5 Å². The molecule has 2 amide bonds. The molecule has 0 bridgehead atoms. The van der Waals surface area contributed by atoms with E-state index < -0.39 is 0 Å². The highest BCUT2D eigenvalue weighted by molar-refractivity contribution is 5.89. The van der Waals surface area contributed by atoms with Gasteiger partial charge in [0.25, 0.3) is 0 Å². The standard InChI is InChI=1S/C20H28N2O2/c1-2-22-14-16(13-18(22)23)19(24)21-15-20(11-7-4-8-12-20)17-9-5-3-6-10-17/h3,5-6,9-10,16H,2,4,7-8,11-15H2,1H3,(H,21,24)/t16-/m1/s1. The van der Waals surface area contributed by atoms with E-state index in [4.69, 9.17) is 0 Å². The highest BCUT2D eigenvalue weighted by Crippen LogP contribution is 2.39. The fourth-order valence-electron chi connectivity index (χ4n) is 4.24. The number of hydrogen-bond donors (Lipinski definition) is 1. The molecule has 1 aromatic rings. The van der Waals surface area contributed by atoms with Gasteiger partial charge in [0.1, 0.15) is 0 Å². The number of amides is 2. The van der Waals surface area contributed by atoms with E-state index in [-0.39, 0.29) is 23.1 Å². The number of rotatable bonds is 5. The zero-order chi connectivity index (χ0) is 17.0. The Morgan fingerprint density at radius 1 is 1.21 bits per heavy atom. The quantitative estimate of drug-likeness (QED) is 0.903. The summed E-state index contributed by atoms with van der Waals surface area (Å²) in [5, 5.41) is 3.18. The molecule has 1 aromatic carbocycles. The highest BCUT2D eigenvalue weighted by atomic mass is 16.2. The molecule has 0 spiro atoms. The van der Waals surface area contributed by atoms with Crippen LogP contribution in [0.2, 0.25) is 0 Å². The summed E-state index contributed by atoms with van der Waals surface area (Å²) in [6, 6.07) is 10.6. The molecule has 130 valence electrons. The maximum Gasteiger partial charge on any atom is 0.225 e. The molecule has 1 aliphatic carbocycles. The van der Waals surface area contributed by atoms with Crippen molar-refractivity contribution in [2.24, 2.45) is 5.92 Å². The van der Waals surface area contributed by atoms with Gasteiger partial charge in [-0.25, -0.2) is 0 Å². The van der Waals surface area contributed by atoms with Crippen molar-refractivity contribution in [1.29, 1.82) is 0 Å². The van der Waals surface area contributed by atoms with Crippen LogP contribution in [0.15, 0.2) is 30.3 Å². The molecule has 24 heavy (non-hydrogen) atoms. The SMILES string of the molecule is CCN1C[C@H](C(=O)NCC2(c3ccccc3)CCCCC2)CC1=O. The van der Waals surface area contributed by atoms with E-state index >= 15 is 0 Å². The van der Waals surface area contributed by atoms with Crippen LogP contribution in [0.4, 0.5) is 0 Å². The van der Waals surface area contributed by atoms with Gasteiger partial charge in [0.2, 0.25) is 11.8 Å². The average molecular weight is 328 g/mol. The molecule has 3 rings (SSSR count). The van der Waals surface area contributed by atoms with Crippen LogP contribution in [-0.2, 0) is 15.0 Å². The minimum atomic E-state index is -0.186. The maximum absolute atomic E-state index is 12.6. The Labute approximate surface area is 144 Å². The first kappa shape index (κ1) is 17.0. The Bertz CT molecular complexity index is 579. The van der Waals surface area contributed by atoms with E-state index in [0.29, 0.717) is 26.1 Å². The lowest BCUT2D eigenvalue weighted by Gasteiger charge is -2.38. The smallest absolute Gasteiger partial charge is 0.225 e. The molecule has 0 aromatic heterocycles. The lowest BCUT2D eigenvalue weighted by molar-refractivity contribution is -0.129. The highest BCUT2D eigenvalue weighted by Gasteiger charge is 2.37. The summed E-state index contributed by atoms with van der Waals surface area (Å²) in [7, 11) is 0. The van der Waals surface area contributed by atoms with Gasteiger partial charge in [-0.15, -0.1) is 0 Å². The molecule has 2 fully saturated rings. The molecule has 1 saturated heterocycles. The third-order valence-electron chi connectivity index (χ3n) is 5.76. The molecule has 4 nitrogen and oxygen atoms in total. The maximum atomic E-state index is 12.6. The first-order chi connectivity index (χ1) is 11.6. The van der Waals surface area contributed by atoms with Crippen LogP contribution < -0.4 is 5.32 Å². The molecule has 1 heterocycles. The summed E-state index contributed by atoms with van der Waals surface area (Å²) in [6.45, 7) is 3.91. The molecule has 1 N–H and O–H groups in total. The second-order valence-corrected chi connectivity index (χ2v) is 7.26. The predicted octanol–water partition coefficient (Wildman–Crippen LogP) is 2.87. The van der Waals surface area contributed by atoms with E-state index in [1.807, 2.05) is 13.0 Å². The predicted molar refractivity (Wildman–Crippen MR) is 94.6 cm³/mol. The van der Waals surface area contributed by atoms with Gasteiger partial charge in [-0.1, -0.05) is 49.6 Å². The van der Waals surface area contributed by atoms with Gasteiger partial charge in [-0.05, 0) is 25.3 Å². The number of nitrogens with zero attached hydrogens (tertiary/aromatic N) is 1. The fraction of sp³-hybridized carbons (Fsp3) is 0.600. The zero-order valence-electron chi connectivity index (χ0n) is 14.6. The molecular weight excluding hydrogens is 300 g/mol. The van der Waals surface area contributed by atoms with E-state index in [9.17, 15) is 9.59 Å². The monoisotopic (exact) mass is 328 g/mol. The molecule has 0 unspecified atom stereocenters. The number of nitrogens with one attached hydrogen (secondary N) is 1. The number of benzene rings is 1. The summed E-state index contributed by atoms with van der Waals surface area (Å²) in [4.78, 5) is 26.2. The van der Waals surface area contributed by atoms with Crippen molar-refractivity contribution < 1.29 is 9.59 Å². The average Bonchev–Trinajstić information content (AvgIpc) is 3.02. The van der Waals surface area contributed by atoms with Crippen molar-refractivity contribution in [2.75, 3.05) is 19.6 Å².